The highest BCUT2D eigenvalue weighted by molar-refractivity contribution is 5.88. The number of anilines is 1. The second kappa shape index (κ2) is 8.02. The van der Waals surface area contributed by atoms with Gasteiger partial charge in [-0.3, -0.25) is 4.68 Å². The zero-order valence-electron chi connectivity index (χ0n) is 13.9. The largest absolute Gasteiger partial charge is 0.416 e. The molecule has 2 rings (SSSR count). The zero-order chi connectivity index (χ0) is 18.4. The second-order valence-corrected chi connectivity index (χ2v) is 5.43. The summed E-state index contributed by atoms with van der Waals surface area (Å²) in [6, 6.07) is 4.66. The van der Waals surface area contributed by atoms with Gasteiger partial charge < -0.3 is 15.0 Å². The Morgan fingerprint density at radius 1 is 1.36 bits per heavy atom. The number of methoxy groups -OCH3 is 1. The van der Waals surface area contributed by atoms with Crippen LogP contribution in [0.25, 0.3) is 0 Å². The number of hydrogen-bond donors (Lipinski definition) is 1. The van der Waals surface area contributed by atoms with Crippen LogP contribution in [-0.4, -0.2) is 41.5 Å². The molecule has 1 N–H and O–H groups in total. The summed E-state index contributed by atoms with van der Waals surface area (Å²) in [4.78, 5) is 13.4. The first-order chi connectivity index (χ1) is 11.8. The molecule has 0 aliphatic carbocycles. The van der Waals surface area contributed by atoms with Crippen molar-refractivity contribution in [1.82, 2.24) is 14.7 Å². The summed E-state index contributed by atoms with van der Waals surface area (Å²) < 4.78 is 45.6. The second-order valence-electron chi connectivity index (χ2n) is 5.43. The van der Waals surface area contributed by atoms with Crippen molar-refractivity contribution >= 4 is 11.7 Å². The topological polar surface area (TPSA) is 59.4 Å². The van der Waals surface area contributed by atoms with Crippen molar-refractivity contribution in [3.63, 3.8) is 0 Å². The summed E-state index contributed by atoms with van der Waals surface area (Å²) >= 11 is 0. The van der Waals surface area contributed by atoms with Gasteiger partial charge in [0.15, 0.2) is 0 Å². The monoisotopic (exact) mass is 356 g/mol. The number of hydrogen-bond acceptors (Lipinski definition) is 3. The summed E-state index contributed by atoms with van der Waals surface area (Å²) in [5, 5.41) is 6.65. The van der Waals surface area contributed by atoms with Crippen LogP contribution in [0.3, 0.4) is 0 Å². The van der Waals surface area contributed by atoms with E-state index in [2.05, 4.69) is 10.4 Å². The molecule has 0 radical (unpaired) electrons. The molecule has 1 aromatic carbocycles. The smallest absolute Gasteiger partial charge is 0.383 e. The standard InChI is InChI=1S/C16H19F3N4O2/c1-22(10-12-5-3-4-6-14(12)16(17,18)19)15(24)21-13-9-20-23(11-13)7-8-25-2/h3-6,9,11H,7-8,10H2,1-2H3,(H,21,24). The minimum Gasteiger partial charge on any atom is -0.383 e. The normalized spacial score (nSPS) is 11.4. The van der Waals surface area contributed by atoms with Gasteiger partial charge in [0.2, 0.25) is 0 Å². The van der Waals surface area contributed by atoms with Gasteiger partial charge in [-0.25, -0.2) is 4.79 Å². The van der Waals surface area contributed by atoms with E-state index in [1.807, 2.05) is 0 Å². The Morgan fingerprint density at radius 3 is 2.76 bits per heavy atom. The molecule has 0 spiro atoms. The molecule has 6 nitrogen and oxygen atoms in total. The van der Waals surface area contributed by atoms with E-state index in [9.17, 15) is 18.0 Å². The molecule has 0 saturated heterocycles. The molecule has 0 atom stereocenters. The Balaban J connectivity index is 2.00. The first kappa shape index (κ1) is 18.8. The summed E-state index contributed by atoms with van der Waals surface area (Å²) in [6.07, 6.45) is -1.38. The molecular formula is C16H19F3N4O2. The van der Waals surface area contributed by atoms with Crippen molar-refractivity contribution < 1.29 is 22.7 Å². The number of benzene rings is 1. The van der Waals surface area contributed by atoms with E-state index in [-0.39, 0.29) is 12.1 Å². The van der Waals surface area contributed by atoms with E-state index in [4.69, 9.17) is 4.74 Å². The highest BCUT2D eigenvalue weighted by atomic mass is 19.4. The van der Waals surface area contributed by atoms with Crippen molar-refractivity contribution in [3.05, 3.63) is 47.8 Å². The third kappa shape index (κ3) is 5.21. The van der Waals surface area contributed by atoms with E-state index in [1.54, 1.807) is 18.0 Å². The summed E-state index contributed by atoms with van der Waals surface area (Å²) in [5.74, 6) is 0. The lowest BCUT2D eigenvalue weighted by molar-refractivity contribution is -0.138. The quantitative estimate of drug-likeness (QED) is 0.865. The van der Waals surface area contributed by atoms with Gasteiger partial charge in [0, 0.05) is 26.9 Å². The third-order valence-electron chi connectivity index (χ3n) is 3.49. The molecule has 0 fully saturated rings. The van der Waals surface area contributed by atoms with E-state index in [0.717, 1.165) is 6.07 Å². The summed E-state index contributed by atoms with van der Waals surface area (Å²) in [5.41, 5.74) is -0.262. The maximum absolute atomic E-state index is 13.0. The fraction of sp³-hybridized carbons (Fsp3) is 0.375. The fourth-order valence-corrected chi connectivity index (χ4v) is 2.22. The Bertz CT molecular complexity index is 715. The number of urea groups is 1. The number of carbonyl (C=O) groups is 1. The first-order valence-electron chi connectivity index (χ1n) is 7.50. The number of carbonyl (C=O) groups excluding carboxylic acids is 1. The van der Waals surface area contributed by atoms with Crippen LogP contribution in [0.2, 0.25) is 0 Å². The zero-order valence-corrected chi connectivity index (χ0v) is 13.9. The Labute approximate surface area is 143 Å². The van der Waals surface area contributed by atoms with E-state index in [1.165, 1.54) is 36.3 Å². The number of nitrogens with zero attached hydrogens (tertiary/aromatic N) is 3. The number of alkyl halides is 3. The summed E-state index contributed by atoms with van der Waals surface area (Å²) in [7, 11) is 3.00. The van der Waals surface area contributed by atoms with Crippen LogP contribution in [-0.2, 0) is 24.0 Å². The van der Waals surface area contributed by atoms with Crippen molar-refractivity contribution in [3.8, 4) is 0 Å². The molecule has 2 aromatic rings. The first-order valence-corrected chi connectivity index (χ1v) is 7.50. The molecule has 1 aromatic heterocycles. The van der Waals surface area contributed by atoms with Gasteiger partial charge in [-0.2, -0.15) is 18.3 Å². The molecule has 0 bridgehead atoms. The van der Waals surface area contributed by atoms with Crippen LogP contribution >= 0.6 is 0 Å². The van der Waals surface area contributed by atoms with Crippen molar-refractivity contribution in [2.45, 2.75) is 19.3 Å². The average molecular weight is 356 g/mol. The van der Waals surface area contributed by atoms with Crippen LogP contribution in [0.5, 0.6) is 0 Å². The van der Waals surface area contributed by atoms with E-state index >= 15 is 0 Å². The van der Waals surface area contributed by atoms with E-state index < -0.39 is 17.8 Å². The fourth-order valence-electron chi connectivity index (χ4n) is 2.22. The highest BCUT2D eigenvalue weighted by Crippen LogP contribution is 2.32. The highest BCUT2D eigenvalue weighted by Gasteiger charge is 2.33. The van der Waals surface area contributed by atoms with Gasteiger partial charge in [-0.05, 0) is 11.6 Å². The maximum Gasteiger partial charge on any atom is 0.416 e. The molecule has 0 unspecified atom stereocenters. The van der Waals surface area contributed by atoms with Gasteiger partial charge in [0.1, 0.15) is 0 Å². The number of rotatable bonds is 6. The third-order valence-corrected chi connectivity index (χ3v) is 3.49. The number of halogens is 3. The van der Waals surface area contributed by atoms with Crippen molar-refractivity contribution in [2.75, 3.05) is 26.1 Å². The van der Waals surface area contributed by atoms with Crippen molar-refractivity contribution in [2.24, 2.45) is 0 Å². The van der Waals surface area contributed by atoms with Crippen LogP contribution in [0.4, 0.5) is 23.7 Å². The van der Waals surface area contributed by atoms with Gasteiger partial charge in [0.05, 0.1) is 30.6 Å². The predicted octanol–water partition coefficient (Wildman–Crippen LogP) is 3.21. The number of ether oxygens (including phenoxy) is 1. The molecule has 0 saturated carbocycles. The lowest BCUT2D eigenvalue weighted by Gasteiger charge is -2.20. The van der Waals surface area contributed by atoms with Crippen LogP contribution in [0.15, 0.2) is 36.7 Å². The molecule has 2 amide bonds. The SMILES string of the molecule is COCCn1cc(NC(=O)N(C)Cc2ccccc2C(F)(F)F)cn1. The van der Waals surface area contributed by atoms with Gasteiger partial charge in [-0.1, -0.05) is 18.2 Å². The van der Waals surface area contributed by atoms with E-state index in [0.29, 0.717) is 18.8 Å². The lowest BCUT2D eigenvalue weighted by Crippen LogP contribution is -2.31. The van der Waals surface area contributed by atoms with Crippen molar-refractivity contribution in [1.29, 1.82) is 0 Å². The van der Waals surface area contributed by atoms with Gasteiger partial charge in [-0.15, -0.1) is 0 Å². The minimum absolute atomic E-state index is 0.0310. The predicted molar refractivity (Wildman–Crippen MR) is 86.0 cm³/mol. The molecule has 0 aliphatic heterocycles. The maximum atomic E-state index is 13.0. The molecule has 25 heavy (non-hydrogen) atoms. The average Bonchev–Trinajstić information content (AvgIpc) is 2.99. The number of amides is 2. The Hall–Kier alpha value is -2.55. The molecular weight excluding hydrogens is 337 g/mol. The number of aromatic nitrogens is 2. The summed E-state index contributed by atoms with van der Waals surface area (Å²) in [6.45, 7) is 0.837. The molecule has 9 heteroatoms. The van der Waals surface area contributed by atoms with Crippen LogP contribution in [0, 0.1) is 0 Å². The molecule has 136 valence electrons. The Morgan fingerprint density at radius 2 is 2.08 bits per heavy atom. The lowest BCUT2D eigenvalue weighted by atomic mass is 10.1. The molecule has 1 heterocycles. The van der Waals surface area contributed by atoms with Gasteiger partial charge in [0.25, 0.3) is 0 Å². The number of nitrogens with one attached hydrogen (secondary N) is 1. The van der Waals surface area contributed by atoms with Gasteiger partial charge >= 0.3 is 12.2 Å². The van der Waals surface area contributed by atoms with Crippen LogP contribution < -0.4 is 5.32 Å². The Kier molecular flexibility index (Phi) is 6.02. The molecule has 0 aliphatic rings. The minimum atomic E-state index is -4.46. The van der Waals surface area contributed by atoms with Crippen LogP contribution in [0.1, 0.15) is 11.1 Å².